The molecule has 0 saturated carbocycles. The lowest BCUT2D eigenvalue weighted by atomic mass is 10.1. The van der Waals surface area contributed by atoms with Crippen molar-refractivity contribution in [3.05, 3.63) is 40.4 Å². The number of thiophene rings is 1. The van der Waals surface area contributed by atoms with E-state index in [1.54, 1.807) is 18.6 Å². The molecule has 0 spiro atoms. The molecule has 6 nitrogen and oxygen atoms in total. The van der Waals surface area contributed by atoms with Crippen LogP contribution in [-0.2, 0) is 0 Å². The molecule has 4 heterocycles. The van der Waals surface area contributed by atoms with E-state index in [-0.39, 0.29) is 11.6 Å². The first-order valence-corrected chi connectivity index (χ1v) is 8.19. The number of fused-ring (bicyclic) bond motifs is 1. The lowest BCUT2D eigenvalue weighted by Crippen LogP contribution is -2.35. The van der Waals surface area contributed by atoms with Gasteiger partial charge in [-0.1, -0.05) is 0 Å². The Hall–Kier alpha value is -2.12. The molecule has 0 radical (unpaired) electrons. The average molecular weight is 313 g/mol. The van der Waals surface area contributed by atoms with Crippen molar-refractivity contribution in [3.63, 3.8) is 0 Å². The second-order valence-electron chi connectivity index (χ2n) is 5.32. The summed E-state index contributed by atoms with van der Waals surface area (Å²) in [6.07, 6.45) is 6.76. The first kappa shape index (κ1) is 13.5. The maximum absolute atomic E-state index is 12.9. The van der Waals surface area contributed by atoms with Crippen LogP contribution in [0.3, 0.4) is 0 Å². The van der Waals surface area contributed by atoms with E-state index in [9.17, 15) is 4.79 Å². The van der Waals surface area contributed by atoms with Gasteiger partial charge in [0.05, 0.1) is 11.7 Å². The van der Waals surface area contributed by atoms with Crippen LogP contribution in [0.2, 0.25) is 0 Å². The third-order valence-electron chi connectivity index (χ3n) is 3.98. The van der Waals surface area contributed by atoms with Gasteiger partial charge in [0, 0.05) is 18.4 Å². The minimum atomic E-state index is 0.0348. The monoisotopic (exact) mass is 313 g/mol. The molecule has 7 heteroatoms. The van der Waals surface area contributed by atoms with E-state index < -0.39 is 0 Å². The summed E-state index contributed by atoms with van der Waals surface area (Å²) in [5.41, 5.74) is 1.42. The van der Waals surface area contributed by atoms with Crippen LogP contribution >= 0.6 is 11.3 Å². The lowest BCUT2D eigenvalue weighted by Gasteiger charge is -2.26. The predicted octanol–water partition coefficient (Wildman–Crippen LogP) is 1.84. The summed E-state index contributed by atoms with van der Waals surface area (Å²) >= 11 is 1.45. The van der Waals surface area contributed by atoms with Crippen LogP contribution in [0, 0.1) is 0 Å². The molecule has 3 aromatic heterocycles. The summed E-state index contributed by atoms with van der Waals surface area (Å²) in [6.45, 7) is 1.83. The number of hydrogen-bond acceptors (Lipinski definition) is 6. The minimum absolute atomic E-state index is 0.0348. The van der Waals surface area contributed by atoms with Gasteiger partial charge in [0.25, 0.3) is 5.56 Å². The molecule has 1 saturated heterocycles. The summed E-state index contributed by atoms with van der Waals surface area (Å²) in [6, 6.07) is 2.04. The van der Waals surface area contributed by atoms with Gasteiger partial charge in [0.1, 0.15) is 10.4 Å². The largest absolute Gasteiger partial charge is 0.317 e. The van der Waals surface area contributed by atoms with Gasteiger partial charge in [0.15, 0.2) is 5.82 Å². The zero-order chi connectivity index (χ0) is 14.9. The van der Waals surface area contributed by atoms with Crippen molar-refractivity contribution in [2.45, 2.75) is 18.9 Å². The third-order valence-corrected chi connectivity index (χ3v) is 4.87. The van der Waals surface area contributed by atoms with Crippen molar-refractivity contribution in [3.8, 4) is 11.5 Å². The Labute approximate surface area is 130 Å². The van der Waals surface area contributed by atoms with Crippen molar-refractivity contribution in [1.29, 1.82) is 0 Å². The Morgan fingerprint density at radius 1 is 1.27 bits per heavy atom. The van der Waals surface area contributed by atoms with E-state index in [0.29, 0.717) is 16.2 Å². The van der Waals surface area contributed by atoms with Crippen LogP contribution in [0.5, 0.6) is 0 Å². The van der Waals surface area contributed by atoms with Crippen molar-refractivity contribution < 1.29 is 0 Å². The number of piperidine rings is 1. The van der Waals surface area contributed by atoms with Crippen molar-refractivity contribution in [2.75, 3.05) is 13.1 Å². The first-order chi connectivity index (χ1) is 10.8. The summed E-state index contributed by atoms with van der Waals surface area (Å²) in [4.78, 5) is 26.1. The van der Waals surface area contributed by atoms with Crippen molar-refractivity contribution >= 4 is 21.6 Å². The van der Waals surface area contributed by atoms with Crippen LogP contribution < -0.4 is 10.9 Å². The summed E-state index contributed by atoms with van der Waals surface area (Å²) in [7, 11) is 0. The van der Waals surface area contributed by atoms with E-state index in [1.807, 2.05) is 16.0 Å². The maximum atomic E-state index is 12.9. The Morgan fingerprint density at radius 3 is 2.91 bits per heavy atom. The highest BCUT2D eigenvalue weighted by molar-refractivity contribution is 7.17. The minimum Gasteiger partial charge on any atom is -0.317 e. The molecule has 4 rings (SSSR count). The van der Waals surface area contributed by atoms with Gasteiger partial charge in [-0.25, -0.2) is 9.97 Å². The van der Waals surface area contributed by atoms with Gasteiger partial charge in [-0.3, -0.25) is 14.3 Å². The van der Waals surface area contributed by atoms with Crippen LogP contribution in [0.25, 0.3) is 21.7 Å². The molecule has 1 N–H and O–H groups in total. The molecule has 3 aromatic rings. The fourth-order valence-electron chi connectivity index (χ4n) is 2.92. The number of hydrogen-bond donors (Lipinski definition) is 1. The van der Waals surface area contributed by atoms with Crippen LogP contribution in [-0.4, -0.2) is 32.6 Å². The van der Waals surface area contributed by atoms with Gasteiger partial charge < -0.3 is 5.32 Å². The zero-order valence-corrected chi connectivity index (χ0v) is 12.7. The van der Waals surface area contributed by atoms with E-state index in [1.165, 1.54) is 11.3 Å². The standard InChI is InChI=1S/C15H15N5OS/c21-15-13-11(3-8-22-13)19-14(12-9-17-6-7-18-12)20(15)10-1-4-16-5-2-10/h3,6-10,16H,1-2,4-5H2. The van der Waals surface area contributed by atoms with Crippen molar-refractivity contribution in [2.24, 2.45) is 0 Å². The molecule has 1 aliphatic heterocycles. The number of aromatic nitrogens is 4. The number of nitrogens with zero attached hydrogens (tertiary/aromatic N) is 4. The zero-order valence-electron chi connectivity index (χ0n) is 11.9. The van der Waals surface area contributed by atoms with Crippen LogP contribution in [0.15, 0.2) is 34.8 Å². The smallest absolute Gasteiger partial charge is 0.272 e. The molecule has 1 fully saturated rings. The van der Waals surface area contributed by atoms with Crippen LogP contribution in [0.1, 0.15) is 18.9 Å². The molecule has 0 bridgehead atoms. The Bertz CT molecular complexity index is 851. The van der Waals surface area contributed by atoms with Gasteiger partial charge in [-0.05, 0) is 37.4 Å². The summed E-state index contributed by atoms with van der Waals surface area (Å²) in [5, 5.41) is 5.24. The molecular formula is C15H15N5OS. The second kappa shape index (κ2) is 5.58. The maximum Gasteiger partial charge on any atom is 0.272 e. The summed E-state index contributed by atoms with van der Waals surface area (Å²) in [5.74, 6) is 0.621. The van der Waals surface area contributed by atoms with Gasteiger partial charge >= 0.3 is 0 Å². The van der Waals surface area contributed by atoms with E-state index in [2.05, 4.69) is 15.3 Å². The third kappa shape index (κ3) is 2.22. The number of rotatable bonds is 2. The highest BCUT2D eigenvalue weighted by Crippen LogP contribution is 2.26. The van der Waals surface area contributed by atoms with Crippen LogP contribution in [0.4, 0.5) is 0 Å². The Morgan fingerprint density at radius 2 is 2.14 bits per heavy atom. The highest BCUT2D eigenvalue weighted by Gasteiger charge is 2.23. The number of nitrogens with one attached hydrogen (secondary N) is 1. The average Bonchev–Trinajstić information content (AvgIpc) is 3.05. The quantitative estimate of drug-likeness (QED) is 0.781. The first-order valence-electron chi connectivity index (χ1n) is 7.31. The molecule has 0 aromatic carbocycles. The summed E-state index contributed by atoms with van der Waals surface area (Å²) < 4.78 is 2.54. The molecule has 22 heavy (non-hydrogen) atoms. The van der Waals surface area contributed by atoms with Gasteiger partial charge in [0.2, 0.25) is 0 Å². The fraction of sp³-hybridized carbons (Fsp3) is 0.333. The highest BCUT2D eigenvalue weighted by atomic mass is 32.1. The van der Waals surface area contributed by atoms with Crippen molar-refractivity contribution in [1.82, 2.24) is 24.8 Å². The molecular weight excluding hydrogens is 298 g/mol. The van der Waals surface area contributed by atoms with E-state index in [0.717, 1.165) is 31.4 Å². The van der Waals surface area contributed by atoms with Gasteiger partial charge in [-0.2, -0.15) is 0 Å². The van der Waals surface area contributed by atoms with E-state index >= 15 is 0 Å². The molecule has 0 amide bonds. The normalized spacial score (nSPS) is 16.2. The van der Waals surface area contributed by atoms with E-state index in [4.69, 9.17) is 4.98 Å². The topological polar surface area (TPSA) is 72.7 Å². The Kier molecular flexibility index (Phi) is 3.44. The Balaban J connectivity index is 1.98. The lowest BCUT2D eigenvalue weighted by molar-refractivity contribution is 0.362. The molecule has 0 aliphatic carbocycles. The molecule has 0 atom stereocenters. The predicted molar refractivity (Wildman–Crippen MR) is 86.0 cm³/mol. The second-order valence-corrected chi connectivity index (χ2v) is 6.23. The molecule has 0 unspecified atom stereocenters. The SMILES string of the molecule is O=c1c2sccc2nc(-c2cnccn2)n1C1CCNCC1. The molecule has 112 valence electrons. The van der Waals surface area contributed by atoms with Gasteiger partial charge in [-0.15, -0.1) is 11.3 Å². The fourth-order valence-corrected chi connectivity index (χ4v) is 3.69. The molecule has 1 aliphatic rings.